The topological polar surface area (TPSA) is 125 Å². The summed E-state index contributed by atoms with van der Waals surface area (Å²) >= 11 is 0. The van der Waals surface area contributed by atoms with Gasteiger partial charge in [-0.3, -0.25) is 14.4 Å². The second-order valence-electron chi connectivity index (χ2n) is 8.14. The zero-order valence-corrected chi connectivity index (χ0v) is 18.2. The van der Waals surface area contributed by atoms with Crippen LogP contribution in [-0.4, -0.2) is 77.8 Å². The number of halogens is 3. The van der Waals surface area contributed by atoms with Crippen LogP contribution in [0, 0.1) is 11.8 Å². The molecular weight excluding hydrogens is 423 g/mol. The molecule has 1 saturated heterocycles. The molecule has 0 saturated carbocycles. The number of ether oxygens (including phenoxy) is 1. The summed E-state index contributed by atoms with van der Waals surface area (Å²) in [6, 6.07) is -3.79. The van der Waals surface area contributed by atoms with E-state index in [9.17, 15) is 37.5 Å². The largest absolute Gasteiger partial charge is 0.462 e. The number of nitrogens with one attached hydrogen (secondary N) is 2. The monoisotopic (exact) mass is 453 g/mol. The minimum absolute atomic E-state index is 0.155. The Morgan fingerprint density at radius 1 is 1.06 bits per heavy atom. The molecule has 0 aliphatic carbocycles. The maximum absolute atomic E-state index is 13.0. The van der Waals surface area contributed by atoms with E-state index < -0.39 is 65.9 Å². The first-order chi connectivity index (χ1) is 14.2. The highest BCUT2D eigenvalue weighted by Crippen LogP contribution is 2.26. The van der Waals surface area contributed by atoms with Crippen molar-refractivity contribution >= 4 is 23.7 Å². The number of carbonyl (C=O) groups is 4. The summed E-state index contributed by atoms with van der Waals surface area (Å²) in [5.41, 5.74) is 0. The van der Waals surface area contributed by atoms with Crippen LogP contribution >= 0.6 is 0 Å². The number of aliphatic hydroxyl groups is 1. The molecule has 1 aliphatic rings. The first kappa shape index (κ1) is 26.7. The van der Waals surface area contributed by atoms with Crippen molar-refractivity contribution in [3.05, 3.63) is 0 Å². The summed E-state index contributed by atoms with van der Waals surface area (Å²) in [6.45, 7) is 6.26. The molecule has 0 aromatic heterocycles. The normalized spacial score (nSPS) is 19.7. The van der Waals surface area contributed by atoms with Gasteiger partial charge in [-0.15, -0.1) is 0 Å². The fourth-order valence-corrected chi connectivity index (χ4v) is 3.36. The van der Waals surface area contributed by atoms with Gasteiger partial charge in [-0.1, -0.05) is 27.7 Å². The fourth-order valence-electron chi connectivity index (χ4n) is 3.36. The second kappa shape index (κ2) is 10.8. The summed E-state index contributed by atoms with van der Waals surface area (Å²) in [6.07, 6.45) is -7.05. The molecule has 178 valence electrons. The molecule has 1 fully saturated rings. The van der Waals surface area contributed by atoms with Crippen molar-refractivity contribution in [3.63, 3.8) is 0 Å². The molecule has 31 heavy (non-hydrogen) atoms. The summed E-state index contributed by atoms with van der Waals surface area (Å²) in [5.74, 6) is -4.94. The van der Waals surface area contributed by atoms with Crippen molar-refractivity contribution in [1.29, 1.82) is 0 Å². The third kappa shape index (κ3) is 6.81. The van der Waals surface area contributed by atoms with Crippen LogP contribution in [0.2, 0.25) is 0 Å². The summed E-state index contributed by atoms with van der Waals surface area (Å²) < 4.78 is 43.2. The highest BCUT2D eigenvalue weighted by molar-refractivity contribution is 6.32. The van der Waals surface area contributed by atoms with Gasteiger partial charge in [0.25, 0.3) is 0 Å². The van der Waals surface area contributed by atoms with E-state index in [1.807, 2.05) is 0 Å². The van der Waals surface area contributed by atoms with E-state index >= 15 is 0 Å². The van der Waals surface area contributed by atoms with E-state index in [0.717, 1.165) is 7.11 Å². The van der Waals surface area contributed by atoms with Crippen molar-refractivity contribution in [3.8, 4) is 0 Å². The molecule has 1 aliphatic heterocycles. The van der Waals surface area contributed by atoms with E-state index in [-0.39, 0.29) is 13.0 Å². The zero-order valence-electron chi connectivity index (χ0n) is 18.2. The van der Waals surface area contributed by atoms with Crippen molar-refractivity contribution in [2.45, 2.75) is 70.9 Å². The molecule has 2 unspecified atom stereocenters. The minimum Gasteiger partial charge on any atom is -0.462 e. The number of aliphatic hydroxyl groups excluding tert-OH is 1. The quantitative estimate of drug-likeness (QED) is 0.378. The molecule has 0 aromatic carbocycles. The van der Waals surface area contributed by atoms with E-state index in [1.165, 1.54) is 18.7 Å². The molecular formula is C19H30F3N3O6. The van der Waals surface area contributed by atoms with Gasteiger partial charge >= 0.3 is 18.1 Å². The number of alkyl halides is 3. The summed E-state index contributed by atoms with van der Waals surface area (Å²) in [4.78, 5) is 50.1. The molecule has 3 N–H and O–H groups in total. The van der Waals surface area contributed by atoms with Gasteiger partial charge in [0.1, 0.15) is 12.1 Å². The van der Waals surface area contributed by atoms with E-state index in [1.54, 1.807) is 13.8 Å². The molecule has 0 bridgehead atoms. The lowest BCUT2D eigenvalue weighted by molar-refractivity contribution is -0.215. The van der Waals surface area contributed by atoms with Crippen molar-refractivity contribution in [2.24, 2.45) is 11.8 Å². The van der Waals surface area contributed by atoms with Crippen molar-refractivity contribution in [1.82, 2.24) is 15.5 Å². The molecule has 1 rings (SSSR count). The fraction of sp³-hybridized carbons (Fsp3) is 0.789. The number of likely N-dealkylation sites (tertiary alicyclic amines) is 1. The van der Waals surface area contributed by atoms with Gasteiger partial charge in [0.05, 0.1) is 13.2 Å². The Hall–Kier alpha value is -2.37. The Morgan fingerprint density at radius 2 is 1.65 bits per heavy atom. The molecule has 0 spiro atoms. The zero-order chi connectivity index (χ0) is 24.1. The average molecular weight is 453 g/mol. The molecule has 0 radical (unpaired) electrons. The highest BCUT2D eigenvalue weighted by Gasteiger charge is 2.47. The van der Waals surface area contributed by atoms with Crippen LogP contribution in [0.5, 0.6) is 0 Å². The lowest BCUT2D eigenvalue weighted by atomic mass is 9.97. The van der Waals surface area contributed by atoms with Crippen LogP contribution < -0.4 is 10.6 Å². The number of amides is 3. The Bertz CT molecular complexity index is 683. The highest BCUT2D eigenvalue weighted by atomic mass is 19.4. The average Bonchev–Trinajstić information content (AvgIpc) is 3.16. The Balaban J connectivity index is 3.00. The molecule has 0 aromatic rings. The van der Waals surface area contributed by atoms with Gasteiger partial charge in [0, 0.05) is 6.54 Å². The third-order valence-corrected chi connectivity index (χ3v) is 5.13. The van der Waals surface area contributed by atoms with Gasteiger partial charge in [-0.25, -0.2) is 4.79 Å². The van der Waals surface area contributed by atoms with Crippen molar-refractivity contribution in [2.75, 3.05) is 13.7 Å². The minimum atomic E-state index is -4.92. The van der Waals surface area contributed by atoms with Crippen LogP contribution in [0.3, 0.4) is 0 Å². The SMILES string of the molecule is COC(=O)C(=O)N[C@H](C(=O)N1CCC[C@H]1C(=O)NC(C(C)C)C(O)C(F)(F)F)C(C)C. The predicted molar refractivity (Wildman–Crippen MR) is 102 cm³/mol. The third-order valence-electron chi connectivity index (χ3n) is 5.13. The van der Waals surface area contributed by atoms with Gasteiger partial charge in [0.2, 0.25) is 11.8 Å². The van der Waals surface area contributed by atoms with Gasteiger partial charge in [-0.05, 0) is 24.7 Å². The Kier molecular flexibility index (Phi) is 9.27. The maximum Gasteiger partial charge on any atom is 0.416 e. The molecule has 12 heteroatoms. The number of hydrogen-bond donors (Lipinski definition) is 3. The summed E-state index contributed by atoms with van der Waals surface area (Å²) in [7, 11) is 1.01. The molecule has 1 heterocycles. The number of carbonyl (C=O) groups excluding carboxylic acids is 4. The first-order valence-electron chi connectivity index (χ1n) is 9.96. The number of esters is 1. The van der Waals surface area contributed by atoms with Crippen LogP contribution in [-0.2, 0) is 23.9 Å². The van der Waals surface area contributed by atoms with Crippen LogP contribution in [0.25, 0.3) is 0 Å². The number of rotatable bonds is 7. The summed E-state index contributed by atoms with van der Waals surface area (Å²) in [5, 5.41) is 14.1. The second-order valence-corrected chi connectivity index (χ2v) is 8.14. The smallest absolute Gasteiger partial charge is 0.416 e. The Morgan fingerprint density at radius 3 is 2.10 bits per heavy atom. The maximum atomic E-state index is 13.0. The van der Waals surface area contributed by atoms with Crippen LogP contribution in [0.4, 0.5) is 13.2 Å². The van der Waals surface area contributed by atoms with Crippen LogP contribution in [0.1, 0.15) is 40.5 Å². The first-order valence-corrected chi connectivity index (χ1v) is 9.96. The van der Waals surface area contributed by atoms with Crippen molar-refractivity contribution < 1.29 is 42.2 Å². The van der Waals surface area contributed by atoms with E-state index in [2.05, 4.69) is 15.4 Å². The molecule has 3 amide bonds. The van der Waals surface area contributed by atoms with Gasteiger partial charge in [-0.2, -0.15) is 13.2 Å². The standard InChI is InChI=1S/C19H30F3N3O6/c1-9(2)12(14(26)19(20,21)22)23-15(27)11-7-6-8-25(11)17(29)13(10(3)4)24-16(28)18(30)31-5/h9-14,26H,6-8H2,1-5H3,(H,23,27)(H,24,28)/t11-,12?,13-,14?/m0/s1. The number of methoxy groups -OCH3 is 1. The lowest BCUT2D eigenvalue weighted by Crippen LogP contribution is -2.59. The van der Waals surface area contributed by atoms with E-state index in [0.29, 0.717) is 6.42 Å². The molecule has 9 nitrogen and oxygen atoms in total. The Labute approximate surface area is 178 Å². The lowest BCUT2D eigenvalue weighted by Gasteiger charge is -2.33. The predicted octanol–water partition coefficient (Wildman–Crippen LogP) is 0.355. The molecule has 4 atom stereocenters. The number of hydrogen-bond acceptors (Lipinski definition) is 6. The van der Waals surface area contributed by atoms with E-state index in [4.69, 9.17) is 0 Å². The van der Waals surface area contributed by atoms with Crippen LogP contribution in [0.15, 0.2) is 0 Å². The number of nitrogens with zero attached hydrogens (tertiary/aromatic N) is 1. The van der Waals surface area contributed by atoms with Gasteiger partial charge < -0.3 is 25.4 Å². The van der Waals surface area contributed by atoms with Gasteiger partial charge in [0.15, 0.2) is 6.10 Å².